The molecule has 2 N–H and O–H groups in total. The van der Waals surface area contributed by atoms with E-state index in [1.807, 2.05) is 0 Å². The van der Waals surface area contributed by atoms with Crippen LogP contribution in [0.3, 0.4) is 0 Å². The van der Waals surface area contributed by atoms with Crippen molar-refractivity contribution in [3.8, 4) is 0 Å². The van der Waals surface area contributed by atoms with Crippen molar-refractivity contribution >= 4 is 23.3 Å². The van der Waals surface area contributed by atoms with E-state index in [0.29, 0.717) is 11.3 Å². The van der Waals surface area contributed by atoms with Gasteiger partial charge < -0.3 is 5.73 Å². The van der Waals surface area contributed by atoms with Crippen molar-refractivity contribution in [2.24, 2.45) is 5.73 Å². The van der Waals surface area contributed by atoms with E-state index in [1.165, 1.54) is 24.4 Å². The summed E-state index contributed by atoms with van der Waals surface area (Å²) in [7, 11) is 0. The first-order chi connectivity index (χ1) is 5.86. The van der Waals surface area contributed by atoms with Crippen molar-refractivity contribution in [2.45, 2.75) is 34.9 Å². The maximum Gasteiger partial charge on any atom is 0.170 e. The highest BCUT2D eigenvalue weighted by Gasteiger charge is 2.25. The van der Waals surface area contributed by atoms with Crippen molar-refractivity contribution in [1.82, 2.24) is 9.36 Å². The van der Waals surface area contributed by atoms with Crippen LogP contribution in [0.5, 0.6) is 0 Å². The zero-order valence-electron chi connectivity index (χ0n) is 6.64. The molecule has 3 nitrogen and oxygen atoms in total. The maximum atomic E-state index is 5.93. The minimum Gasteiger partial charge on any atom is -0.327 e. The Labute approximate surface area is 79.9 Å². The Bertz CT molecular complexity index is 237. The first-order valence-corrected chi connectivity index (χ1v) is 5.70. The molecule has 0 saturated heterocycles. The predicted octanol–water partition coefficient (Wildman–Crippen LogP) is 1.51. The van der Waals surface area contributed by atoms with Crippen LogP contribution in [0.4, 0.5) is 0 Å². The molecule has 2 unspecified atom stereocenters. The Morgan fingerprint density at radius 2 is 2.50 bits per heavy atom. The topological polar surface area (TPSA) is 51.8 Å². The van der Waals surface area contributed by atoms with Crippen LogP contribution >= 0.6 is 23.3 Å². The maximum absolute atomic E-state index is 5.93. The molecule has 1 saturated carbocycles. The van der Waals surface area contributed by atoms with E-state index in [2.05, 4.69) is 9.36 Å². The lowest BCUT2D eigenvalue weighted by Crippen LogP contribution is -2.26. The van der Waals surface area contributed by atoms with Gasteiger partial charge in [0.15, 0.2) is 4.34 Å². The molecular formula is C7H11N3S2. The van der Waals surface area contributed by atoms with Crippen LogP contribution in [0.25, 0.3) is 0 Å². The number of nitrogens with zero attached hydrogens (tertiary/aromatic N) is 2. The van der Waals surface area contributed by atoms with Crippen molar-refractivity contribution in [3.05, 3.63) is 6.33 Å². The molecule has 12 heavy (non-hydrogen) atoms. The fourth-order valence-electron chi connectivity index (χ4n) is 1.45. The summed E-state index contributed by atoms with van der Waals surface area (Å²) in [6.07, 6.45) is 5.26. The van der Waals surface area contributed by atoms with Gasteiger partial charge in [-0.2, -0.15) is 4.37 Å². The Morgan fingerprint density at radius 3 is 3.08 bits per heavy atom. The number of aromatic nitrogens is 2. The molecule has 0 radical (unpaired) electrons. The third kappa shape index (κ3) is 1.78. The van der Waals surface area contributed by atoms with Crippen LogP contribution in [0.2, 0.25) is 0 Å². The monoisotopic (exact) mass is 201 g/mol. The van der Waals surface area contributed by atoms with Crippen LogP contribution in [-0.4, -0.2) is 20.6 Å². The lowest BCUT2D eigenvalue weighted by atomic mass is 10.3. The van der Waals surface area contributed by atoms with Crippen LogP contribution in [0.15, 0.2) is 10.7 Å². The van der Waals surface area contributed by atoms with Gasteiger partial charge in [-0.15, -0.1) is 0 Å². The quantitative estimate of drug-likeness (QED) is 0.788. The second-order valence-electron chi connectivity index (χ2n) is 2.96. The Balaban J connectivity index is 1.95. The van der Waals surface area contributed by atoms with Crippen LogP contribution in [-0.2, 0) is 0 Å². The molecule has 1 fully saturated rings. The van der Waals surface area contributed by atoms with Gasteiger partial charge in [-0.3, -0.25) is 0 Å². The molecule has 66 valence electrons. The smallest absolute Gasteiger partial charge is 0.170 e. The fourth-order valence-corrected chi connectivity index (χ4v) is 3.36. The Morgan fingerprint density at radius 1 is 1.58 bits per heavy atom. The highest BCUT2D eigenvalue weighted by atomic mass is 32.2. The molecule has 1 heterocycles. The average molecular weight is 201 g/mol. The van der Waals surface area contributed by atoms with Crippen molar-refractivity contribution in [2.75, 3.05) is 0 Å². The van der Waals surface area contributed by atoms with Crippen LogP contribution in [0.1, 0.15) is 19.3 Å². The van der Waals surface area contributed by atoms with Gasteiger partial charge in [0, 0.05) is 11.3 Å². The Kier molecular flexibility index (Phi) is 2.63. The van der Waals surface area contributed by atoms with E-state index in [1.54, 1.807) is 18.1 Å². The fraction of sp³-hybridized carbons (Fsp3) is 0.714. The average Bonchev–Trinajstić information content (AvgIpc) is 2.65. The molecule has 0 spiro atoms. The van der Waals surface area contributed by atoms with Gasteiger partial charge in [0.25, 0.3) is 0 Å². The summed E-state index contributed by atoms with van der Waals surface area (Å²) in [5.41, 5.74) is 5.93. The summed E-state index contributed by atoms with van der Waals surface area (Å²) in [6, 6.07) is 0.360. The molecule has 0 aliphatic heterocycles. The minimum absolute atomic E-state index is 0.360. The molecule has 2 atom stereocenters. The van der Waals surface area contributed by atoms with E-state index in [9.17, 15) is 0 Å². The second kappa shape index (κ2) is 3.72. The third-order valence-electron chi connectivity index (χ3n) is 2.10. The van der Waals surface area contributed by atoms with E-state index in [4.69, 9.17) is 5.73 Å². The van der Waals surface area contributed by atoms with Gasteiger partial charge in [0.1, 0.15) is 6.33 Å². The molecule has 1 aromatic heterocycles. The molecule has 1 aliphatic rings. The van der Waals surface area contributed by atoms with E-state index in [0.717, 1.165) is 10.8 Å². The number of rotatable bonds is 2. The summed E-state index contributed by atoms with van der Waals surface area (Å²) < 4.78 is 5.01. The van der Waals surface area contributed by atoms with Crippen LogP contribution < -0.4 is 5.73 Å². The van der Waals surface area contributed by atoms with Crippen molar-refractivity contribution < 1.29 is 0 Å². The predicted molar refractivity (Wildman–Crippen MR) is 51.4 cm³/mol. The number of thioether (sulfide) groups is 1. The molecule has 0 bridgehead atoms. The molecule has 2 rings (SSSR count). The molecule has 0 aromatic carbocycles. The van der Waals surface area contributed by atoms with Gasteiger partial charge in [0.2, 0.25) is 0 Å². The van der Waals surface area contributed by atoms with Crippen LogP contribution in [0, 0.1) is 0 Å². The summed E-state index contributed by atoms with van der Waals surface area (Å²) in [6.45, 7) is 0. The van der Waals surface area contributed by atoms with E-state index < -0.39 is 0 Å². The second-order valence-corrected chi connectivity index (χ2v) is 5.22. The lowest BCUT2D eigenvalue weighted by molar-refractivity contribution is 0.716. The Hall–Kier alpha value is -0.130. The summed E-state index contributed by atoms with van der Waals surface area (Å²) in [4.78, 5) is 4.13. The molecule has 1 aromatic rings. The summed E-state index contributed by atoms with van der Waals surface area (Å²) in [5, 5.41) is 0.568. The summed E-state index contributed by atoms with van der Waals surface area (Å²) >= 11 is 3.24. The zero-order chi connectivity index (χ0) is 8.39. The number of hydrogen-bond acceptors (Lipinski definition) is 5. The lowest BCUT2D eigenvalue weighted by Gasteiger charge is -2.11. The molecule has 0 amide bonds. The van der Waals surface area contributed by atoms with E-state index in [-0.39, 0.29) is 0 Å². The summed E-state index contributed by atoms with van der Waals surface area (Å²) in [5.74, 6) is 0. The molecular weight excluding hydrogens is 190 g/mol. The zero-order valence-corrected chi connectivity index (χ0v) is 8.27. The third-order valence-corrected chi connectivity index (χ3v) is 4.27. The number of hydrogen-bond donors (Lipinski definition) is 1. The molecule has 1 aliphatic carbocycles. The number of nitrogens with two attached hydrogens (primary N) is 1. The normalized spacial score (nSPS) is 29.4. The highest BCUT2D eigenvalue weighted by Crippen LogP contribution is 2.34. The van der Waals surface area contributed by atoms with E-state index >= 15 is 0 Å². The van der Waals surface area contributed by atoms with Gasteiger partial charge >= 0.3 is 0 Å². The minimum atomic E-state index is 0.360. The van der Waals surface area contributed by atoms with Crippen molar-refractivity contribution in [3.63, 3.8) is 0 Å². The van der Waals surface area contributed by atoms with Gasteiger partial charge in [-0.05, 0) is 24.4 Å². The largest absolute Gasteiger partial charge is 0.327 e. The van der Waals surface area contributed by atoms with Gasteiger partial charge in [-0.25, -0.2) is 4.98 Å². The first kappa shape index (κ1) is 8.47. The SMILES string of the molecule is NC1CCCC1Sc1ncns1. The van der Waals surface area contributed by atoms with Gasteiger partial charge in [-0.1, -0.05) is 18.2 Å². The molecule has 5 heteroatoms. The van der Waals surface area contributed by atoms with Crippen molar-refractivity contribution in [1.29, 1.82) is 0 Å². The van der Waals surface area contributed by atoms with Gasteiger partial charge in [0.05, 0.1) is 0 Å². The standard InChI is InChI=1S/C7H11N3S2/c8-5-2-1-3-6(5)11-7-9-4-10-12-7/h4-6H,1-3,8H2. The first-order valence-electron chi connectivity index (χ1n) is 4.05. The highest BCUT2D eigenvalue weighted by molar-refractivity contribution is 8.01.